The predicted octanol–water partition coefficient (Wildman–Crippen LogP) is 5.21. The normalized spacial score (nSPS) is 13.1. The number of pyridine rings is 1. The van der Waals surface area contributed by atoms with Crippen molar-refractivity contribution in [1.29, 1.82) is 0 Å². The Bertz CT molecular complexity index is 570. The van der Waals surface area contributed by atoms with E-state index < -0.39 is 0 Å². The average molecular weight is 289 g/mol. The number of nitrogens with zero attached hydrogens (tertiary/aromatic N) is 1. The summed E-state index contributed by atoms with van der Waals surface area (Å²) < 4.78 is 0. The molecule has 0 spiro atoms. The van der Waals surface area contributed by atoms with Crippen LogP contribution in [0.25, 0.3) is 0 Å². The van der Waals surface area contributed by atoms with Crippen LogP contribution in [0.5, 0.6) is 0 Å². The van der Waals surface area contributed by atoms with Gasteiger partial charge in [-0.05, 0) is 35.6 Å². The van der Waals surface area contributed by atoms with Gasteiger partial charge in [0.25, 0.3) is 0 Å². The first-order chi connectivity index (χ1) is 9.36. The van der Waals surface area contributed by atoms with Crippen molar-refractivity contribution < 1.29 is 0 Å². The highest BCUT2D eigenvalue weighted by Crippen LogP contribution is 2.25. The minimum atomic E-state index is 0.184. The number of hydrogen-bond donors (Lipinski definition) is 1. The summed E-state index contributed by atoms with van der Waals surface area (Å²) in [5.41, 5.74) is 2.76. The summed E-state index contributed by atoms with van der Waals surface area (Å²) in [5, 5.41) is 3.87. The summed E-state index contributed by atoms with van der Waals surface area (Å²) in [6, 6.07) is 14.5. The van der Waals surface area contributed by atoms with Gasteiger partial charge >= 0.3 is 0 Å². The van der Waals surface area contributed by atoms with Crippen molar-refractivity contribution in [3.8, 4) is 0 Å². The van der Waals surface area contributed by atoms with E-state index in [0.29, 0.717) is 5.15 Å². The lowest BCUT2D eigenvalue weighted by molar-refractivity contribution is 0.589. The number of halogens is 1. The highest BCUT2D eigenvalue weighted by Gasteiger charge is 2.14. The zero-order valence-electron chi connectivity index (χ0n) is 12.4. The molecule has 2 aromatic rings. The number of benzene rings is 1. The van der Waals surface area contributed by atoms with Gasteiger partial charge in [0.15, 0.2) is 0 Å². The van der Waals surface area contributed by atoms with E-state index in [2.05, 4.69) is 62.3 Å². The Balaban J connectivity index is 2.11. The second-order valence-corrected chi connectivity index (χ2v) is 6.47. The van der Waals surface area contributed by atoms with Crippen molar-refractivity contribution in [3.05, 3.63) is 58.7 Å². The van der Waals surface area contributed by atoms with Gasteiger partial charge in [-0.25, -0.2) is 4.98 Å². The number of nitrogens with one attached hydrogen (secondary N) is 1. The monoisotopic (exact) mass is 288 g/mol. The van der Waals surface area contributed by atoms with Gasteiger partial charge in [-0.2, -0.15) is 0 Å². The van der Waals surface area contributed by atoms with E-state index in [0.717, 1.165) is 5.82 Å². The first-order valence-corrected chi connectivity index (χ1v) is 7.23. The Morgan fingerprint density at radius 2 is 1.70 bits per heavy atom. The lowest BCUT2D eigenvalue weighted by Crippen LogP contribution is -2.12. The van der Waals surface area contributed by atoms with Crippen LogP contribution < -0.4 is 5.32 Å². The summed E-state index contributed by atoms with van der Waals surface area (Å²) >= 11 is 5.89. The predicted molar refractivity (Wildman–Crippen MR) is 86.4 cm³/mol. The van der Waals surface area contributed by atoms with Crippen molar-refractivity contribution in [1.82, 2.24) is 4.98 Å². The van der Waals surface area contributed by atoms with Crippen LogP contribution in [0, 0.1) is 0 Å². The lowest BCUT2D eigenvalue weighted by Gasteiger charge is -2.21. The van der Waals surface area contributed by atoms with Crippen molar-refractivity contribution in [3.63, 3.8) is 0 Å². The van der Waals surface area contributed by atoms with Crippen molar-refractivity contribution in [2.24, 2.45) is 0 Å². The van der Waals surface area contributed by atoms with Crippen LogP contribution in [-0.4, -0.2) is 4.98 Å². The van der Waals surface area contributed by atoms with Gasteiger partial charge in [0.05, 0.1) is 0 Å². The van der Waals surface area contributed by atoms with Gasteiger partial charge in [0.1, 0.15) is 11.0 Å². The fourth-order valence-corrected chi connectivity index (χ4v) is 2.23. The molecule has 0 aliphatic heterocycles. The highest BCUT2D eigenvalue weighted by atomic mass is 35.5. The van der Waals surface area contributed by atoms with Crippen LogP contribution in [0.1, 0.15) is 44.9 Å². The van der Waals surface area contributed by atoms with Crippen LogP contribution in [0.15, 0.2) is 42.5 Å². The van der Waals surface area contributed by atoms with E-state index >= 15 is 0 Å². The maximum Gasteiger partial charge on any atom is 0.131 e. The van der Waals surface area contributed by atoms with Gasteiger partial charge in [-0.15, -0.1) is 0 Å². The van der Waals surface area contributed by atoms with Crippen LogP contribution >= 0.6 is 11.6 Å². The van der Waals surface area contributed by atoms with Gasteiger partial charge in [0.2, 0.25) is 0 Å². The largest absolute Gasteiger partial charge is 0.364 e. The maximum absolute atomic E-state index is 5.89. The fraction of sp³-hybridized carbons (Fsp3) is 0.353. The molecule has 0 bridgehead atoms. The van der Waals surface area contributed by atoms with Crippen molar-refractivity contribution >= 4 is 17.4 Å². The molecule has 1 heterocycles. The smallest absolute Gasteiger partial charge is 0.131 e. The van der Waals surface area contributed by atoms with Gasteiger partial charge in [0, 0.05) is 6.04 Å². The van der Waals surface area contributed by atoms with Crippen LogP contribution in [0.3, 0.4) is 0 Å². The van der Waals surface area contributed by atoms with Crippen molar-refractivity contribution in [2.45, 2.75) is 39.2 Å². The SMILES string of the molecule is CC(Nc1cccc(Cl)n1)c1ccc(C(C)(C)C)cc1. The highest BCUT2D eigenvalue weighted by molar-refractivity contribution is 6.29. The molecule has 1 aromatic carbocycles. The molecule has 1 atom stereocenters. The van der Waals surface area contributed by atoms with E-state index in [1.165, 1.54) is 11.1 Å². The molecule has 1 unspecified atom stereocenters. The number of aromatic nitrogens is 1. The van der Waals surface area contributed by atoms with Gasteiger partial charge in [-0.1, -0.05) is 62.7 Å². The molecule has 106 valence electrons. The molecule has 0 saturated carbocycles. The third-order valence-corrected chi connectivity index (χ3v) is 3.57. The molecule has 0 aliphatic rings. The zero-order valence-corrected chi connectivity index (χ0v) is 13.2. The summed E-state index contributed by atoms with van der Waals surface area (Å²) in [6.07, 6.45) is 0. The van der Waals surface area contributed by atoms with E-state index in [9.17, 15) is 0 Å². The minimum absolute atomic E-state index is 0.184. The van der Waals surface area contributed by atoms with Gasteiger partial charge in [-0.3, -0.25) is 0 Å². The lowest BCUT2D eigenvalue weighted by atomic mass is 9.86. The number of rotatable bonds is 3. The third kappa shape index (κ3) is 3.73. The zero-order chi connectivity index (χ0) is 14.8. The second kappa shape index (κ2) is 5.84. The molecule has 2 nitrogen and oxygen atoms in total. The van der Waals surface area contributed by atoms with E-state index in [4.69, 9.17) is 11.6 Å². The molecule has 3 heteroatoms. The summed E-state index contributed by atoms with van der Waals surface area (Å²) in [6.45, 7) is 8.79. The van der Waals surface area contributed by atoms with E-state index in [1.54, 1.807) is 6.07 Å². The number of anilines is 1. The minimum Gasteiger partial charge on any atom is -0.364 e. The summed E-state index contributed by atoms with van der Waals surface area (Å²) in [5.74, 6) is 0.796. The van der Waals surface area contributed by atoms with Crippen LogP contribution in [-0.2, 0) is 5.41 Å². The van der Waals surface area contributed by atoms with E-state index in [-0.39, 0.29) is 11.5 Å². The second-order valence-electron chi connectivity index (χ2n) is 6.08. The molecular formula is C17H21ClN2. The van der Waals surface area contributed by atoms with Crippen LogP contribution in [0.4, 0.5) is 5.82 Å². The molecule has 0 amide bonds. The van der Waals surface area contributed by atoms with E-state index in [1.807, 2.05) is 12.1 Å². The molecular weight excluding hydrogens is 268 g/mol. The molecule has 0 saturated heterocycles. The first-order valence-electron chi connectivity index (χ1n) is 6.86. The molecule has 20 heavy (non-hydrogen) atoms. The van der Waals surface area contributed by atoms with Gasteiger partial charge < -0.3 is 5.32 Å². The molecule has 0 fully saturated rings. The molecule has 1 N–H and O–H groups in total. The summed E-state index contributed by atoms with van der Waals surface area (Å²) in [4.78, 5) is 4.25. The molecule has 2 rings (SSSR count). The Kier molecular flexibility index (Phi) is 4.34. The Morgan fingerprint density at radius 3 is 2.25 bits per heavy atom. The summed E-state index contributed by atoms with van der Waals surface area (Å²) in [7, 11) is 0. The Hall–Kier alpha value is -1.54. The molecule has 0 aliphatic carbocycles. The molecule has 0 radical (unpaired) electrons. The topological polar surface area (TPSA) is 24.9 Å². The Morgan fingerprint density at radius 1 is 1.05 bits per heavy atom. The first kappa shape index (κ1) is 14.9. The van der Waals surface area contributed by atoms with Crippen molar-refractivity contribution in [2.75, 3.05) is 5.32 Å². The average Bonchev–Trinajstić information content (AvgIpc) is 2.38. The van der Waals surface area contributed by atoms with Crippen LogP contribution in [0.2, 0.25) is 5.15 Å². The molecule has 1 aromatic heterocycles. The Labute approximate surface area is 126 Å². The quantitative estimate of drug-likeness (QED) is 0.785. The third-order valence-electron chi connectivity index (χ3n) is 3.36. The number of hydrogen-bond acceptors (Lipinski definition) is 2. The fourth-order valence-electron chi connectivity index (χ4n) is 2.07. The standard InChI is InChI=1S/C17H21ClN2/c1-12(19-16-7-5-6-15(18)20-16)13-8-10-14(11-9-13)17(2,3)4/h5-12H,1-4H3,(H,19,20). The maximum atomic E-state index is 5.89.